The third kappa shape index (κ3) is 8.48. The van der Waals surface area contributed by atoms with Gasteiger partial charge in [0.15, 0.2) is 0 Å². The van der Waals surface area contributed by atoms with Gasteiger partial charge < -0.3 is 10.2 Å². The number of amides is 2. The first kappa shape index (κ1) is 32.9. The van der Waals surface area contributed by atoms with Crippen LogP contribution in [0.25, 0.3) is 0 Å². The highest BCUT2D eigenvalue weighted by molar-refractivity contribution is 7.92. The van der Waals surface area contributed by atoms with Gasteiger partial charge in [0.2, 0.25) is 11.8 Å². The molecule has 226 valence electrons. The number of rotatable bonds is 12. The van der Waals surface area contributed by atoms with E-state index < -0.39 is 56.9 Å². The molecule has 0 saturated carbocycles. The molecule has 0 aliphatic rings. The number of nitrogens with one attached hydrogen (secondary N) is 1. The molecule has 1 atom stereocenters. The van der Waals surface area contributed by atoms with Gasteiger partial charge in [0, 0.05) is 13.1 Å². The normalized spacial score (nSPS) is 12.6. The molecule has 2 amide bonds. The van der Waals surface area contributed by atoms with E-state index in [1.807, 2.05) is 44.2 Å². The van der Waals surface area contributed by atoms with Crippen LogP contribution in [0.5, 0.6) is 0 Å². The first-order chi connectivity index (χ1) is 19.7. The van der Waals surface area contributed by atoms with Crippen LogP contribution in [0.2, 0.25) is 5.02 Å². The van der Waals surface area contributed by atoms with Crippen LogP contribution in [0.15, 0.2) is 83.8 Å². The smallest absolute Gasteiger partial charge is 0.354 e. The van der Waals surface area contributed by atoms with Crippen LogP contribution in [0, 0.1) is 5.92 Å². The van der Waals surface area contributed by atoms with Gasteiger partial charge in [-0.25, -0.2) is 8.42 Å². The Labute approximate surface area is 249 Å². The molecule has 0 fully saturated rings. The van der Waals surface area contributed by atoms with Crippen molar-refractivity contribution in [1.82, 2.24) is 10.2 Å². The number of nitrogens with zero attached hydrogens (tertiary/aromatic N) is 2. The third-order valence-electron chi connectivity index (χ3n) is 6.49. The lowest BCUT2D eigenvalue weighted by Crippen LogP contribution is -2.52. The Morgan fingerprint density at radius 3 is 2.10 bits per heavy atom. The van der Waals surface area contributed by atoms with E-state index in [-0.39, 0.29) is 17.4 Å². The van der Waals surface area contributed by atoms with Crippen molar-refractivity contribution in [1.29, 1.82) is 0 Å². The van der Waals surface area contributed by atoms with Crippen molar-refractivity contribution in [3.8, 4) is 0 Å². The summed E-state index contributed by atoms with van der Waals surface area (Å²) in [6.45, 7) is 4.93. The standard InChI is InChI=1S/C30H33ClF3N3O4S/c1-21(2)19-35-29(39)22(3)36(17-16-23-10-6-4-7-11-23)28(38)20-37(42(40,41)25-12-8-5-9-13-25)24-14-15-27(31)26(18-24)30(32,33)34/h4-15,18,21-22H,16-17,19-20H2,1-3H3,(H,35,39)/t22-/m1/s1. The minimum absolute atomic E-state index is 0.0623. The predicted molar refractivity (Wildman–Crippen MR) is 157 cm³/mol. The molecule has 0 saturated heterocycles. The second-order valence-electron chi connectivity index (χ2n) is 10.1. The fourth-order valence-electron chi connectivity index (χ4n) is 4.16. The molecule has 0 unspecified atom stereocenters. The lowest BCUT2D eigenvalue weighted by Gasteiger charge is -2.32. The number of anilines is 1. The summed E-state index contributed by atoms with van der Waals surface area (Å²) in [5.74, 6) is -1.05. The van der Waals surface area contributed by atoms with E-state index >= 15 is 0 Å². The van der Waals surface area contributed by atoms with Crippen molar-refractivity contribution >= 4 is 39.1 Å². The maximum atomic E-state index is 13.9. The molecule has 7 nitrogen and oxygen atoms in total. The zero-order valence-corrected chi connectivity index (χ0v) is 25.0. The molecule has 0 aliphatic carbocycles. The minimum atomic E-state index is -4.87. The molecule has 0 spiro atoms. The Balaban J connectivity index is 2.04. The Bertz CT molecular complexity index is 1470. The van der Waals surface area contributed by atoms with E-state index in [2.05, 4.69) is 5.32 Å². The summed E-state index contributed by atoms with van der Waals surface area (Å²) in [6.07, 6.45) is -4.51. The van der Waals surface area contributed by atoms with Gasteiger partial charge in [-0.05, 0) is 55.2 Å². The summed E-state index contributed by atoms with van der Waals surface area (Å²) in [5, 5.41) is 2.17. The number of halogens is 4. The van der Waals surface area contributed by atoms with E-state index in [0.29, 0.717) is 23.3 Å². The summed E-state index contributed by atoms with van der Waals surface area (Å²) >= 11 is 5.79. The van der Waals surface area contributed by atoms with Gasteiger partial charge >= 0.3 is 6.18 Å². The van der Waals surface area contributed by atoms with Gasteiger partial charge in [-0.1, -0.05) is 74.0 Å². The molecule has 12 heteroatoms. The Morgan fingerprint density at radius 1 is 0.929 bits per heavy atom. The van der Waals surface area contributed by atoms with Crippen LogP contribution in [-0.2, 0) is 32.2 Å². The summed E-state index contributed by atoms with van der Waals surface area (Å²) in [5.41, 5.74) is -0.764. The quantitative estimate of drug-likeness (QED) is 0.277. The van der Waals surface area contributed by atoms with Gasteiger partial charge in [-0.2, -0.15) is 13.2 Å². The number of carbonyl (C=O) groups is 2. The highest BCUT2D eigenvalue weighted by atomic mass is 35.5. The van der Waals surface area contributed by atoms with E-state index in [0.717, 1.165) is 17.7 Å². The van der Waals surface area contributed by atoms with Gasteiger partial charge in [0.25, 0.3) is 10.0 Å². The largest absolute Gasteiger partial charge is 0.417 e. The average Bonchev–Trinajstić information content (AvgIpc) is 2.95. The second kappa shape index (κ2) is 14.1. The number of sulfonamides is 1. The van der Waals surface area contributed by atoms with Gasteiger partial charge in [-0.3, -0.25) is 13.9 Å². The Hall–Kier alpha value is -3.57. The lowest BCUT2D eigenvalue weighted by atomic mass is 10.1. The molecule has 0 bridgehead atoms. The molecule has 42 heavy (non-hydrogen) atoms. The number of carbonyl (C=O) groups excluding carboxylic acids is 2. The maximum Gasteiger partial charge on any atom is 0.417 e. The first-order valence-corrected chi connectivity index (χ1v) is 15.1. The fraction of sp³-hybridized carbons (Fsp3) is 0.333. The Morgan fingerprint density at radius 2 is 1.52 bits per heavy atom. The summed E-state index contributed by atoms with van der Waals surface area (Å²) in [4.78, 5) is 27.9. The van der Waals surface area contributed by atoms with Gasteiger partial charge in [0.05, 0.1) is 21.2 Å². The van der Waals surface area contributed by atoms with E-state index in [4.69, 9.17) is 11.6 Å². The highest BCUT2D eigenvalue weighted by Crippen LogP contribution is 2.38. The number of benzene rings is 3. The molecular formula is C30H33ClF3N3O4S. The summed E-state index contributed by atoms with van der Waals surface area (Å²) in [7, 11) is -4.52. The van der Waals surface area contributed by atoms with E-state index in [9.17, 15) is 31.2 Å². The van der Waals surface area contributed by atoms with E-state index in [1.54, 1.807) is 6.07 Å². The van der Waals surface area contributed by atoms with E-state index in [1.165, 1.54) is 36.1 Å². The van der Waals surface area contributed by atoms with Crippen LogP contribution in [0.1, 0.15) is 31.9 Å². The predicted octanol–water partition coefficient (Wildman–Crippen LogP) is 5.79. The van der Waals surface area contributed by atoms with Crippen LogP contribution in [0.4, 0.5) is 18.9 Å². The van der Waals surface area contributed by atoms with Crippen molar-refractivity contribution in [3.05, 3.63) is 95.0 Å². The molecule has 0 heterocycles. The average molecular weight is 624 g/mol. The number of alkyl halides is 3. The summed E-state index contributed by atoms with van der Waals surface area (Å²) in [6, 6.07) is 17.9. The van der Waals surface area contributed by atoms with Crippen LogP contribution in [0.3, 0.4) is 0 Å². The molecule has 0 radical (unpaired) electrons. The second-order valence-corrected chi connectivity index (χ2v) is 12.4. The molecular weight excluding hydrogens is 591 g/mol. The molecule has 0 aromatic heterocycles. The highest BCUT2D eigenvalue weighted by Gasteiger charge is 2.36. The zero-order chi connectivity index (χ0) is 31.1. The van der Waals surface area contributed by atoms with Crippen molar-refractivity contribution in [2.24, 2.45) is 5.92 Å². The SMILES string of the molecule is CC(C)CNC(=O)[C@@H](C)N(CCc1ccccc1)C(=O)CN(c1ccc(Cl)c(C(F)(F)F)c1)S(=O)(=O)c1ccccc1. The topological polar surface area (TPSA) is 86.8 Å². The molecule has 1 N–H and O–H groups in total. The number of hydrogen-bond donors (Lipinski definition) is 1. The molecule has 3 aromatic carbocycles. The van der Waals surface area contributed by atoms with Crippen LogP contribution >= 0.6 is 11.6 Å². The van der Waals surface area contributed by atoms with Gasteiger partial charge in [-0.15, -0.1) is 0 Å². The molecule has 3 rings (SSSR count). The Kier molecular flexibility index (Phi) is 11.0. The monoisotopic (exact) mass is 623 g/mol. The summed E-state index contributed by atoms with van der Waals surface area (Å²) < 4.78 is 69.3. The van der Waals surface area contributed by atoms with Crippen molar-refractivity contribution in [2.75, 3.05) is 23.9 Å². The van der Waals surface area contributed by atoms with Crippen molar-refractivity contribution in [2.45, 2.75) is 44.3 Å². The molecule has 3 aromatic rings. The van der Waals surface area contributed by atoms with Crippen molar-refractivity contribution in [3.63, 3.8) is 0 Å². The van der Waals surface area contributed by atoms with Crippen LogP contribution in [-0.4, -0.2) is 50.8 Å². The third-order valence-corrected chi connectivity index (χ3v) is 8.61. The van der Waals surface area contributed by atoms with Crippen LogP contribution < -0.4 is 9.62 Å². The van der Waals surface area contributed by atoms with Gasteiger partial charge in [0.1, 0.15) is 12.6 Å². The first-order valence-electron chi connectivity index (χ1n) is 13.3. The van der Waals surface area contributed by atoms with Crippen molar-refractivity contribution < 1.29 is 31.2 Å². The lowest BCUT2D eigenvalue weighted by molar-refractivity contribution is -0.138. The fourth-order valence-corrected chi connectivity index (χ4v) is 5.81. The molecule has 0 aliphatic heterocycles. The maximum absolute atomic E-state index is 13.9. The minimum Gasteiger partial charge on any atom is -0.354 e. The zero-order valence-electron chi connectivity index (χ0n) is 23.4. The number of hydrogen-bond acceptors (Lipinski definition) is 4.